The van der Waals surface area contributed by atoms with E-state index in [9.17, 15) is 4.79 Å². The Hall–Kier alpha value is -1.00. The Balaban J connectivity index is 2.62. The Morgan fingerprint density at radius 1 is 1.47 bits per heavy atom. The van der Waals surface area contributed by atoms with Gasteiger partial charge in [0, 0.05) is 18.0 Å². The van der Waals surface area contributed by atoms with Crippen LogP contribution in [0.3, 0.4) is 0 Å². The van der Waals surface area contributed by atoms with Crippen molar-refractivity contribution in [2.24, 2.45) is 0 Å². The van der Waals surface area contributed by atoms with Crippen LogP contribution in [0, 0.1) is 0 Å². The number of thioether (sulfide) groups is 1. The summed E-state index contributed by atoms with van der Waals surface area (Å²) in [5, 5.41) is 6.00. The van der Waals surface area contributed by atoms with Crippen molar-refractivity contribution in [2.45, 2.75) is 24.8 Å². The third kappa shape index (κ3) is 4.79. The molecule has 0 fully saturated rings. The third-order valence-electron chi connectivity index (χ3n) is 2.52. The Morgan fingerprint density at radius 2 is 2.24 bits per heavy atom. The second-order valence-corrected chi connectivity index (χ2v) is 4.86. The minimum absolute atomic E-state index is 0.0557. The van der Waals surface area contributed by atoms with E-state index in [1.54, 1.807) is 18.8 Å². The Bertz CT molecular complexity index is 368. The maximum Gasteiger partial charge on any atom is 0.230 e. The van der Waals surface area contributed by atoms with E-state index in [0.717, 1.165) is 11.4 Å². The van der Waals surface area contributed by atoms with Gasteiger partial charge in [0.15, 0.2) is 0 Å². The van der Waals surface area contributed by atoms with Gasteiger partial charge in [-0.05, 0) is 31.2 Å². The lowest BCUT2D eigenvalue weighted by molar-refractivity contribution is -0.118. The number of carbonyl (C=O) groups is 1. The summed E-state index contributed by atoms with van der Waals surface area (Å²) in [6.45, 7) is 5.20. The molecule has 1 rings (SSSR count). The van der Waals surface area contributed by atoms with Gasteiger partial charge < -0.3 is 10.6 Å². The van der Waals surface area contributed by atoms with E-state index in [4.69, 9.17) is 0 Å². The standard InChI is InChI=1S/C13H20N2OS/c1-4-15-10(2)11-6-5-7-12(8-11)17-9-13(16)14-3/h5-8,10,15H,4,9H2,1-3H3,(H,14,16). The molecule has 0 aliphatic rings. The highest BCUT2D eigenvalue weighted by Crippen LogP contribution is 2.22. The van der Waals surface area contributed by atoms with Crippen LogP contribution >= 0.6 is 11.8 Å². The molecule has 2 N–H and O–H groups in total. The number of benzene rings is 1. The fourth-order valence-corrected chi connectivity index (χ4v) is 2.36. The molecule has 0 saturated carbocycles. The molecule has 1 aromatic rings. The second kappa shape index (κ2) is 7.35. The van der Waals surface area contributed by atoms with Crippen LogP contribution in [0.15, 0.2) is 29.2 Å². The zero-order chi connectivity index (χ0) is 12.7. The fourth-order valence-electron chi connectivity index (χ4n) is 1.52. The maximum absolute atomic E-state index is 11.2. The number of rotatable bonds is 6. The molecule has 0 radical (unpaired) electrons. The van der Waals surface area contributed by atoms with Gasteiger partial charge >= 0.3 is 0 Å². The van der Waals surface area contributed by atoms with Crippen LogP contribution in [0.1, 0.15) is 25.5 Å². The van der Waals surface area contributed by atoms with Crippen molar-refractivity contribution in [3.8, 4) is 0 Å². The van der Waals surface area contributed by atoms with Crippen LogP contribution in [0.4, 0.5) is 0 Å². The second-order valence-electron chi connectivity index (χ2n) is 3.81. The van der Waals surface area contributed by atoms with Gasteiger partial charge in [0.05, 0.1) is 5.75 Å². The van der Waals surface area contributed by atoms with Crippen molar-refractivity contribution in [3.05, 3.63) is 29.8 Å². The van der Waals surface area contributed by atoms with E-state index in [2.05, 4.69) is 36.6 Å². The summed E-state index contributed by atoms with van der Waals surface area (Å²) in [5.74, 6) is 0.523. The molecular formula is C13H20N2OS. The zero-order valence-electron chi connectivity index (χ0n) is 10.6. The largest absolute Gasteiger partial charge is 0.358 e. The number of carbonyl (C=O) groups excluding carboxylic acids is 1. The maximum atomic E-state index is 11.2. The lowest BCUT2D eigenvalue weighted by Gasteiger charge is -2.13. The van der Waals surface area contributed by atoms with Crippen molar-refractivity contribution < 1.29 is 4.79 Å². The SMILES string of the molecule is CCNC(C)c1cccc(SCC(=O)NC)c1. The first-order valence-electron chi connectivity index (χ1n) is 5.84. The number of amides is 1. The quantitative estimate of drug-likeness (QED) is 0.763. The topological polar surface area (TPSA) is 41.1 Å². The van der Waals surface area contributed by atoms with E-state index >= 15 is 0 Å². The van der Waals surface area contributed by atoms with Crippen molar-refractivity contribution in [1.29, 1.82) is 0 Å². The first kappa shape index (κ1) is 14.1. The highest BCUT2D eigenvalue weighted by Gasteiger charge is 2.05. The normalized spacial score (nSPS) is 12.2. The molecule has 94 valence electrons. The molecule has 0 saturated heterocycles. The summed E-state index contributed by atoms with van der Waals surface area (Å²) in [7, 11) is 1.66. The van der Waals surface area contributed by atoms with Crippen LogP contribution in [0.2, 0.25) is 0 Å². The van der Waals surface area contributed by atoms with E-state index < -0.39 is 0 Å². The van der Waals surface area contributed by atoms with Crippen molar-refractivity contribution in [3.63, 3.8) is 0 Å². The first-order chi connectivity index (χ1) is 8.17. The molecule has 3 nitrogen and oxygen atoms in total. The predicted molar refractivity (Wildman–Crippen MR) is 73.3 cm³/mol. The van der Waals surface area contributed by atoms with Gasteiger partial charge in [-0.15, -0.1) is 11.8 Å². The van der Waals surface area contributed by atoms with Crippen molar-refractivity contribution >= 4 is 17.7 Å². The molecule has 0 aromatic heterocycles. The molecule has 1 amide bonds. The van der Waals surface area contributed by atoms with Gasteiger partial charge in [0.1, 0.15) is 0 Å². The fraction of sp³-hybridized carbons (Fsp3) is 0.462. The van der Waals surface area contributed by atoms with Gasteiger partial charge in [-0.25, -0.2) is 0 Å². The van der Waals surface area contributed by atoms with Gasteiger partial charge in [0.25, 0.3) is 0 Å². The molecule has 17 heavy (non-hydrogen) atoms. The van der Waals surface area contributed by atoms with Crippen molar-refractivity contribution in [1.82, 2.24) is 10.6 Å². The van der Waals surface area contributed by atoms with E-state index in [-0.39, 0.29) is 5.91 Å². The Labute approximate surface area is 107 Å². The Morgan fingerprint density at radius 3 is 2.88 bits per heavy atom. The van der Waals surface area contributed by atoms with Gasteiger partial charge in [-0.2, -0.15) is 0 Å². The van der Waals surface area contributed by atoms with Crippen LogP contribution in [-0.4, -0.2) is 25.3 Å². The highest BCUT2D eigenvalue weighted by molar-refractivity contribution is 8.00. The summed E-state index contributed by atoms with van der Waals surface area (Å²) in [6.07, 6.45) is 0. The molecule has 1 atom stereocenters. The molecule has 0 heterocycles. The minimum atomic E-state index is 0.0557. The number of nitrogens with one attached hydrogen (secondary N) is 2. The summed E-state index contributed by atoms with van der Waals surface area (Å²) in [6, 6.07) is 8.67. The summed E-state index contributed by atoms with van der Waals surface area (Å²) >= 11 is 1.56. The van der Waals surface area contributed by atoms with Crippen LogP contribution in [0.5, 0.6) is 0 Å². The third-order valence-corrected chi connectivity index (χ3v) is 3.51. The smallest absolute Gasteiger partial charge is 0.230 e. The van der Waals surface area contributed by atoms with Crippen LogP contribution in [0.25, 0.3) is 0 Å². The van der Waals surface area contributed by atoms with E-state index in [0.29, 0.717) is 11.8 Å². The molecule has 1 unspecified atom stereocenters. The van der Waals surface area contributed by atoms with Gasteiger partial charge in [0.2, 0.25) is 5.91 Å². The van der Waals surface area contributed by atoms with Gasteiger partial charge in [-0.3, -0.25) is 4.79 Å². The van der Waals surface area contributed by atoms with Crippen molar-refractivity contribution in [2.75, 3.05) is 19.3 Å². The lowest BCUT2D eigenvalue weighted by atomic mass is 10.1. The van der Waals surface area contributed by atoms with E-state index in [1.807, 2.05) is 12.1 Å². The highest BCUT2D eigenvalue weighted by atomic mass is 32.2. The monoisotopic (exact) mass is 252 g/mol. The average molecular weight is 252 g/mol. The Kier molecular flexibility index (Phi) is 6.08. The molecule has 0 aliphatic heterocycles. The summed E-state index contributed by atoms with van der Waals surface area (Å²) < 4.78 is 0. The first-order valence-corrected chi connectivity index (χ1v) is 6.82. The number of hydrogen-bond donors (Lipinski definition) is 2. The number of hydrogen-bond acceptors (Lipinski definition) is 3. The minimum Gasteiger partial charge on any atom is -0.358 e. The lowest BCUT2D eigenvalue weighted by Crippen LogP contribution is -2.19. The molecule has 1 aromatic carbocycles. The average Bonchev–Trinajstić information content (AvgIpc) is 2.36. The zero-order valence-corrected chi connectivity index (χ0v) is 11.4. The molecule has 0 spiro atoms. The summed E-state index contributed by atoms with van der Waals surface area (Å²) in [4.78, 5) is 12.3. The summed E-state index contributed by atoms with van der Waals surface area (Å²) in [5.41, 5.74) is 1.26. The van der Waals surface area contributed by atoms with Crippen LogP contribution < -0.4 is 10.6 Å². The van der Waals surface area contributed by atoms with Crippen LogP contribution in [-0.2, 0) is 4.79 Å². The molecule has 0 bridgehead atoms. The predicted octanol–water partition coefficient (Wildman–Crippen LogP) is 2.20. The van der Waals surface area contributed by atoms with Gasteiger partial charge in [-0.1, -0.05) is 19.1 Å². The molecule has 0 aliphatic carbocycles. The molecular weight excluding hydrogens is 232 g/mol. The molecule has 4 heteroatoms. The van der Waals surface area contributed by atoms with E-state index in [1.165, 1.54) is 5.56 Å².